The maximum absolute atomic E-state index is 11.9. The predicted molar refractivity (Wildman–Crippen MR) is 103 cm³/mol. The Balaban J connectivity index is 1.39. The molecule has 7 nitrogen and oxygen atoms in total. The summed E-state index contributed by atoms with van der Waals surface area (Å²) >= 11 is 1.29. The SMILES string of the molecule is O=C(/C=C/c1ccccc1)Nc1nnc(NCCCN2CCCC2=O)s1. The second-order valence-electron chi connectivity index (χ2n) is 5.91. The molecule has 8 heteroatoms. The van der Waals surface area contributed by atoms with Gasteiger partial charge in [0.2, 0.25) is 22.1 Å². The maximum Gasteiger partial charge on any atom is 0.250 e. The van der Waals surface area contributed by atoms with Crippen LogP contribution in [0.5, 0.6) is 0 Å². The molecule has 1 fully saturated rings. The molecule has 2 N–H and O–H groups in total. The van der Waals surface area contributed by atoms with Crippen molar-refractivity contribution in [2.45, 2.75) is 19.3 Å². The second kappa shape index (κ2) is 9.10. The van der Waals surface area contributed by atoms with Crippen LogP contribution in [0.1, 0.15) is 24.8 Å². The highest BCUT2D eigenvalue weighted by molar-refractivity contribution is 7.19. The van der Waals surface area contributed by atoms with Gasteiger partial charge in [-0.1, -0.05) is 41.7 Å². The minimum atomic E-state index is -0.246. The number of rotatable bonds is 8. The van der Waals surface area contributed by atoms with Gasteiger partial charge in [-0.15, -0.1) is 10.2 Å². The lowest BCUT2D eigenvalue weighted by Gasteiger charge is -2.14. The lowest BCUT2D eigenvalue weighted by Crippen LogP contribution is -2.26. The van der Waals surface area contributed by atoms with Crippen molar-refractivity contribution in [3.8, 4) is 0 Å². The number of carbonyl (C=O) groups is 2. The zero-order valence-corrected chi connectivity index (χ0v) is 15.2. The summed E-state index contributed by atoms with van der Waals surface area (Å²) < 4.78 is 0. The molecule has 1 aromatic heterocycles. The number of benzene rings is 1. The third-order valence-electron chi connectivity index (χ3n) is 3.93. The number of hydrogen-bond acceptors (Lipinski definition) is 6. The molecule has 136 valence electrons. The summed E-state index contributed by atoms with van der Waals surface area (Å²) in [7, 11) is 0. The highest BCUT2D eigenvalue weighted by atomic mass is 32.1. The van der Waals surface area contributed by atoms with Crippen molar-refractivity contribution in [2.75, 3.05) is 30.3 Å². The first-order chi connectivity index (χ1) is 12.7. The van der Waals surface area contributed by atoms with E-state index >= 15 is 0 Å². The largest absolute Gasteiger partial charge is 0.360 e. The van der Waals surface area contributed by atoms with Gasteiger partial charge in [0.25, 0.3) is 0 Å². The van der Waals surface area contributed by atoms with Crippen LogP contribution in [-0.2, 0) is 9.59 Å². The molecular weight excluding hydrogens is 350 g/mol. The molecule has 0 saturated carbocycles. The number of carbonyl (C=O) groups excluding carboxylic acids is 2. The van der Waals surface area contributed by atoms with Gasteiger partial charge >= 0.3 is 0 Å². The standard InChI is InChI=1S/C18H21N5O2S/c24-15(10-9-14-6-2-1-3-7-14)20-18-22-21-17(26-18)19-11-5-13-23-12-4-8-16(23)25/h1-3,6-7,9-10H,4-5,8,11-13H2,(H,19,21)(H,20,22,24)/b10-9+. The highest BCUT2D eigenvalue weighted by Gasteiger charge is 2.18. The third-order valence-corrected chi connectivity index (χ3v) is 4.73. The number of likely N-dealkylation sites (tertiary alicyclic amines) is 1. The normalized spacial score (nSPS) is 14.2. The first kappa shape index (κ1) is 18.1. The van der Waals surface area contributed by atoms with Crippen LogP contribution in [0.25, 0.3) is 6.08 Å². The van der Waals surface area contributed by atoms with Gasteiger partial charge in [0.1, 0.15) is 0 Å². The summed E-state index contributed by atoms with van der Waals surface area (Å²) in [5.74, 6) is -0.00132. The summed E-state index contributed by atoms with van der Waals surface area (Å²) in [6, 6.07) is 9.61. The Labute approximate surface area is 156 Å². The van der Waals surface area contributed by atoms with Crippen molar-refractivity contribution >= 4 is 39.5 Å². The first-order valence-electron chi connectivity index (χ1n) is 8.60. The van der Waals surface area contributed by atoms with E-state index in [-0.39, 0.29) is 11.8 Å². The first-order valence-corrected chi connectivity index (χ1v) is 9.41. The minimum Gasteiger partial charge on any atom is -0.360 e. The van der Waals surface area contributed by atoms with Crippen LogP contribution in [0.2, 0.25) is 0 Å². The Bertz CT molecular complexity index is 775. The Morgan fingerprint density at radius 1 is 1.23 bits per heavy atom. The summed E-state index contributed by atoms with van der Waals surface area (Å²) in [5.41, 5.74) is 0.957. The van der Waals surface area contributed by atoms with Gasteiger partial charge in [0.15, 0.2) is 0 Å². The quantitative estimate of drug-likeness (QED) is 0.550. The van der Waals surface area contributed by atoms with Crippen LogP contribution in [0, 0.1) is 0 Å². The molecule has 0 radical (unpaired) electrons. The predicted octanol–water partition coefficient (Wildman–Crippen LogP) is 2.61. The molecular formula is C18H21N5O2S. The molecule has 0 aliphatic carbocycles. The van der Waals surface area contributed by atoms with E-state index in [1.807, 2.05) is 35.2 Å². The smallest absolute Gasteiger partial charge is 0.250 e. The molecule has 3 rings (SSSR count). The number of aromatic nitrogens is 2. The Morgan fingerprint density at radius 3 is 2.81 bits per heavy atom. The molecule has 26 heavy (non-hydrogen) atoms. The van der Waals surface area contributed by atoms with Crippen LogP contribution < -0.4 is 10.6 Å². The molecule has 0 spiro atoms. The Hall–Kier alpha value is -2.74. The number of amides is 2. The van der Waals surface area contributed by atoms with Gasteiger partial charge in [-0.2, -0.15) is 0 Å². The van der Waals surface area contributed by atoms with Crippen molar-refractivity contribution in [3.05, 3.63) is 42.0 Å². The lowest BCUT2D eigenvalue weighted by molar-refractivity contribution is -0.127. The number of anilines is 2. The molecule has 0 atom stereocenters. The summed E-state index contributed by atoms with van der Waals surface area (Å²) in [6.07, 6.45) is 5.70. The van der Waals surface area contributed by atoms with Crippen LogP contribution >= 0.6 is 11.3 Å². The van der Waals surface area contributed by atoms with E-state index < -0.39 is 0 Å². The zero-order chi connectivity index (χ0) is 18.2. The summed E-state index contributed by atoms with van der Waals surface area (Å²) in [6.45, 7) is 2.34. The highest BCUT2D eigenvalue weighted by Crippen LogP contribution is 2.20. The molecule has 0 bridgehead atoms. The van der Waals surface area contributed by atoms with E-state index in [9.17, 15) is 9.59 Å². The molecule has 2 amide bonds. The van der Waals surface area contributed by atoms with Crippen molar-refractivity contribution in [3.63, 3.8) is 0 Å². The monoisotopic (exact) mass is 371 g/mol. The van der Waals surface area contributed by atoms with E-state index in [4.69, 9.17) is 0 Å². The van der Waals surface area contributed by atoms with Crippen molar-refractivity contribution in [1.82, 2.24) is 15.1 Å². The van der Waals surface area contributed by atoms with Crippen LogP contribution in [0.3, 0.4) is 0 Å². The topological polar surface area (TPSA) is 87.2 Å². The molecule has 2 aromatic rings. The molecule has 1 aromatic carbocycles. The van der Waals surface area contributed by atoms with Crippen LogP contribution in [0.4, 0.5) is 10.3 Å². The average molecular weight is 371 g/mol. The van der Waals surface area contributed by atoms with E-state index in [1.165, 1.54) is 17.4 Å². The number of hydrogen-bond donors (Lipinski definition) is 2. The fraction of sp³-hybridized carbons (Fsp3) is 0.333. The van der Waals surface area contributed by atoms with Gasteiger partial charge in [-0.3, -0.25) is 14.9 Å². The fourth-order valence-electron chi connectivity index (χ4n) is 2.63. The summed E-state index contributed by atoms with van der Waals surface area (Å²) in [5, 5.41) is 14.9. The van der Waals surface area contributed by atoms with Crippen molar-refractivity contribution in [2.24, 2.45) is 0 Å². The van der Waals surface area contributed by atoms with Crippen LogP contribution in [-0.4, -0.2) is 46.5 Å². The van der Waals surface area contributed by atoms with Gasteiger partial charge in [0.05, 0.1) is 0 Å². The fourth-order valence-corrected chi connectivity index (χ4v) is 3.31. The second-order valence-corrected chi connectivity index (χ2v) is 6.89. The van der Waals surface area contributed by atoms with Gasteiger partial charge in [-0.25, -0.2) is 0 Å². The van der Waals surface area contributed by atoms with E-state index in [0.29, 0.717) is 23.2 Å². The van der Waals surface area contributed by atoms with Crippen LogP contribution in [0.15, 0.2) is 36.4 Å². The molecule has 1 aliphatic rings. The zero-order valence-electron chi connectivity index (χ0n) is 14.4. The molecule has 2 heterocycles. The molecule has 1 aliphatic heterocycles. The van der Waals surface area contributed by atoms with Crippen molar-refractivity contribution in [1.29, 1.82) is 0 Å². The summed E-state index contributed by atoms with van der Waals surface area (Å²) in [4.78, 5) is 25.3. The Morgan fingerprint density at radius 2 is 2.04 bits per heavy atom. The lowest BCUT2D eigenvalue weighted by atomic mass is 10.2. The minimum absolute atomic E-state index is 0.245. The van der Waals surface area contributed by atoms with Gasteiger partial charge < -0.3 is 10.2 Å². The maximum atomic E-state index is 11.9. The molecule has 1 saturated heterocycles. The number of nitrogens with zero attached hydrogens (tertiary/aromatic N) is 3. The number of nitrogens with one attached hydrogen (secondary N) is 2. The Kier molecular flexibility index (Phi) is 6.32. The van der Waals surface area contributed by atoms with E-state index in [2.05, 4.69) is 20.8 Å². The third kappa shape index (κ3) is 5.38. The molecule has 0 unspecified atom stereocenters. The van der Waals surface area contributed by atoms with Crippen molar-refractivity contribution < 1.29 is 9.59 Å². The van der Waals surface area contributed by atoms with Gasteiger partial charge in [-0.05, 0) is 24.5 Å². The van der Waals surface area contributed by atoms with E-state index in [0.717, 1.165) is 31.5 Å². The van der Waals surface area contributed by atoms with E-state index in [1.54, 1.807) is 6.08 Å². The van der Waals surface area contributed by atoms with Gasteiger partial charge in [0, 0.05) is 32.1 Å². The average Bonchev–Trinajstić information content (AvgIpc) is 3.27.